The number of nitrogens with one attached hydrogen (secondary N) is 1. The summed E-state index contributed by atoms with van der Waals surface area (Å²) in [5.74, 6) is 0.914. The van der Waals surface area contributed by atoms with Crippen molar-refractivity contribution in [2.45, 2.75) is 57.4 Å². The molecule has 1 aliphatic carbocycles. The first-order valence-electron chi connectivity index (χ1n) is 8.43. The average molecular weight is 304 g/mol. The van der Waals surface area contributed by atoms with E-state index >= 15 is 0 Å². The zero-order valence-electron chi connectivity index (χ0n) is 13.6. The lowest BCUT2D eigenvalue weighted by molar-refractivity contribution is -0.126. The largest absolute Gasteiger partial charge is 0.494 e. The van der Waals surface area contributed by atoms with Crippen molar-refractivity contribution in [3.63, 3.8) is 0 Å². The van der Waals surface area contributed by atoms with E-state index in [-0.39, 0.29) is 5.91 Å². The number of hydrogen-bond acceptors (Lipinski definition) is 3. The Balaban J connectivity index is 1.71. The number of rotatable bonds is 8. The number of amides is 1. The zero-order chi connectivity index (χ0) is 15.8. The van der Waals surface area contributed by atoms with Crippen molar-refractivity contribution >= 4 is 5.91 Å². The maximum absolute atomic E-state index is 12.1. The van der Waals surface area contributed by atoms with Gasteiger partial charge in [-0.2, -0.15) is 0 Å². The number of carbonyl (C=O) groups is 1. The highest BCUT2D eigenvalue weighted by Gasteiger charge is 2.36. The van der Waals surface area contributed by atoms with Gasteiger partial charge in [0.15, 0.2) is 0 Å². The van der Waals surface area contributed by atoms with E-state index in [0.29, 0.717) is 6.54 Å². The van der Waals surface area contributed by atoms with Gasteiger partial charge in [-0.25, -0.2) is 0 Å². The highest BCUT2D eigenvalue weighted by atomic mass is 16.5. The maximum atomic E-state index is 12.1. The van der Waals surface area contributed by atoms with Crippen LogP contribution in [0.3, 0.4) is 0 Å². The molecular formula is C18H28N2O2. The van der Waals surface area contributed by atoms with Crippen LogP contribution in [-0.2, 0) is 11.2 Å². The molecule has 22 heavy (non-hydrogen) atoms. The molecule has 1 aliphatic rings. The van der Waals surface area contributed by atoms with Crippen molar-refractivity contribution in [2.75, 3.05) is 13.2 Å². The fraction of sp³-hybridized carbons (Fsp3) is 0.611. The Morgan fingerprint density at radius 3 is 2.59 bits per heavy atom. The summed E-state index contributed by atoms with van der Waals surface area (Å²) in [6, 6.07) is 8.10. The predicted molar refractivity (Wildman–Crippen MR) is 88.9 cm³/mol. The summed E-state index contributed by atoms with van der Waals surface area (Å²) in [7, 11) is 0. The van der Waals surface area contributed by atoms with Gasteiger partial charge in [0.25, 0.3) is 0 Å². The van der Waals surface area contributed by atoms with Gasteiger partial charge in [-0.15, -0.1) is 0 Å². The normalized spacial score (nSPS) is 16.5. The second-order valence-electron chi connectivity index (χ2n) is 6.22. The van der Waals surface area contributed by atoms with Crippen molar-refractivity contribution in [3.8, 4) is 5.75 Å². The summed E-state index contributed by atoms with van der Waals surface area (Å²) in [4.78, 5) is 12.1. The van der Waals surface area contributed by atoms with Gasteiger partial charge >= 0.3 is 0 Å². The quantitative estimate of drug-likeness (QED) is 0.726. The number of ether oxygens (including phenoxy) is 1. The summed E-state index contributed by atoms with van der Waals surface area (Å²) >= 11 is 0. The molecule has 1 saturated carbocycles. The second kappa shape index (κ2) is 8.18. The van der Waals surface area contributed by atoms with Crippen molar-refractivity contribution in [3.05, 3.63) is 29.8 Å². The number of carbonyl (C=O) groups excluding carboxylic acids is 1. The van der Waals surface area contributed by atoms with Crippen LogP contribution in [0.2, 0.25) is 0 Å². The highest BCUT2D eigenvalue weighted by Crippen LogP contribution is 2.27. The zero-order valence-corrected chi connectivity index (χ0v) is 13.6. The number of benzene rings is 1. The topological polar surface area (TPSA) is 64.3 Å². The van der Waals surface area contributed by atoms with Crippen molar-refractivity contribution in [2.24, 2.45) is 5.73 Å². The Labute approximate surface area is 133 Å². The third kappa shape index (κ3) is 4.73. The monoisotopic (exact) mass is 304 g/mol. The number of hydrogen-bond donors (Lipinski definition) is 2. The predicted octanol–water partition coefficient (Wildman–Crippen LogP) is 2.80. The van der Waals surface area contributed by atoms with E-state index in [0.717, 1.165) is 57.3 Å². The van der Waals surface area contributed by atoms with Gasteiger partial charge in [0.2, 0.25) is 5.91 Å². The molecule has 122 valence electrons. The van der Waals surface area contributed by atoms with Gasteiger partial charge in [-0.1, -0.05) is 38.3 Å². The second-order valence-corrected chi connectivity index (χ2v) is 6.22. The molecule has 0 aromatic heterocycles. The molecule has 0 heterocycles. The Morgan fingerprint density at radius 2 is 1.95 bits per heavy atom. The van der Waals surface area contributed by atoms with E-state index in [1.807, 2.05) is 12.1 Å². The van der Waals surface area contributed by atoms with E-state index in [4.69, 9.17) is 10.5 Å². The number of unbranched alkanes of at least 4 members (excludes halogenated alkanes) is 1. The molecule has 2 rings (SSSR count). The van der Waals surface area contributed by atoms with Crippen LogP contribution in [0.15, 0.2) is 24.3 Å². The molecule has 1 aromatic carbocycles. The third-order valence-corrected chi connectivity index (χ3v) is 4.34. The Hall–Kier alpha value is -1.55. The first kappa shape index (κ1) is 16.8. The van der Waals surface area contributed by atoms with Crippen molar-refractivity contribution in [1.29, 1.82) is 0 Å². The van der Waals surface area contributed by atoms with E-state index < -0.39 is 5.54 Å². The van der Waals surface area contributed by atoms with Crippen LogP contribution >= 0.6 is 0 Å². The van der Waals surface area contributed by atoms with Gasteiger partial charge in [-0.05, 0) is 43.4 Å². The van der Waals surface area contributed by atoms with Gasteiger partial charge in [0, 0.05) is 6.54 Å². The van der Waals surface area contributed by atoms with Crippen LogP contribution in [0.4, 0.5) is 0 Å². The van der Waals surface area contributed by atoms with E-state index in [2.05, 4.69) is 24.4 Å². The standard InChI is InChI=1S/C18H28N2O2/c1-2-3-14-22-16-8-6-15(7-9-16)10-13-20-17(21)18(19)11-4-5-12-18/h6-9H,2-5,10-14,19H2,1H3,(H,20,21). The molecule has 1 fully saturated rings. The molecule has 3 N–H and O–H groups in total. The molecule has 0 saturated heterocycles. The van der Waals surface area contributed by atoms with Crippen molar-refractivity contribution in [1.82, 2.24) is 5.32 Å². The molecule has 0 radical (unpaired) electrons. The summed E-state index contributed by atoms with van der Waals surface area (Å²) < 4.78 is 5.64. The van der Waals surface area contributed by atoms with Gasteiger partial charge in [0.05, 0.1) is 12.1 Å². The lowest BCUT2D eigenvalue weighted by Gasteiger charge is -2.22. The minimum absolute atomic E-state index is 0.00418. The highest BCUT2D eigenvalue weighted by molar-refractivity contribution is 5.86. The fourth-order valence-electron chi connectivity index (χ4n) is 2.82. The SMILES string of the molecule is CCCCOc1ccc(CCNC(=O)C2(N)CCCC2)cc1. The summed E-state index contributed by atoms with van der Waals surface area (Å²) in [5.41, 5.74) is 6.70. The van der Waals surface area contributed by atoms with E-state index in [1.54, 1.807) is 0 Å². The molecule has 1 aromatic rings. The Morgan fingerprint density at radius 1 is 1.27 bits per heavy atom. The lowest BCUT2D eigenvalue weighted by Crippen LogP contribution is -2.52. The first-order valence-corrected chi connectivity index (χ1v) is 8.43. The summed E-state index contributed by atoms with van der Waals surface area (Å²) in [6.07, 6.45) is 6.77. The van der Waals surface area contributed by atoms with Gasteiger partial charge in [0.1, 0.15) is 5.75 Å². The smallest absolute Gasteiger partial charge is 0.240 e. The Kier molecular flexibility index (Phi) is 6.25. The Bertz CT molecular complexity index is 464. The van der Waals surface area contributed by atoms with Crippen LogP contribution in [0.25, 0.3) is 0 Å². The molecule has 0 unspecified atom stereocenters. The van der Waals surface area contributed by atoms with Crippen LogP contribution < -0.4 is 15.8 Å². The van der Waals surface area contributed by atoms with Crippen molar-refractivity contribution < 1.29 is 9.53 Å². The molecule has 0 atom stereocenters. The number of nitrogens with two attached hydrogens (primary N) is 1. The molecule has 0 bridgehead atoms. The van der Waals surface area contributed by atoms with Gasteiger partial charge in [-0.3, -0.25) is 4.79 Å². The van der Waals surface area contributed by atoms with E-state index in [1.165, 1.54) is 5.56 Å². The third-order valence-electron chi connectivity index (χ3n) is 4.34. The molecule has 4 nitrogen and oxygen atoms in total. The minimum atomic E-state index is -0.628. The first-order chi connectivity index (χ1) is 10.6. The van der Waals surface area contributed by atoms with Crippen LogP contribution in [-0.4, -0.2) is 24.6 Å². The molecule has 1 amide bonds. The fourth-order valence-corrected chi connectivity index (χ4v) is 2.82. The molecule has 0 spiro atoms. The van der Waals surface area contributed by atoms with E-state index in [9.17, 15) is 4.79 Å². The molecule has 0 aliphatic heterocycles. The maximum Gasteiger partial charge on any atom is 0.240 e. The average Bonchev–Trinajstić information content (AvgIpc) is 2.97. The van der Waals surface area contributed by atoms with Crippen LogP contribution in [0.1, 0.15) is 51.0 Å². The molecule has 4 heteroatoms. The molecular weight excluding hydrogens is 276 g/mol. The summed E-state index contributed by atoms with van der Waals surface area (Å²) in [5, 5.41) is 2.97. The van der Waals surface area contributed by atoms with Crippen LogP contribution in [0.5, 0.6) is 5.75 Å². The minimum Gasteiger partial charge on any atom is -0.494 e. The lowest BCUT2D eigenvalue weighted by atomic mass is 9.98. The van der Waals surface area contributed by atoms with Gasteiger partial charge < -0.3 is 15.8 Å². The summed E-state index contributed by atoms with van der Waals surface area (Å²) in [6.45, 7) is 3.55. The van der Waals surface area contributed by atoms with Crippen LogP contribution in [0, 0.1) is 0 Å².